The molecule has 0 radical (unpaired) electrons. The predicted octanol–water partition coefficient (Wildman–Crippen LogP) is 0.690. The van der Waals surface area contributed by atoms with Crippen molar-refractivity contribution in [2.75, 3.05) is 26.7 Å². The average molecular weight is 154 g/mol. The zero-order chi connectivity index (χ0) is 7.90. The first-order valence-electron chi connectivity index (χ1n) is 4.62. The van der Waals surface area contributed by atoms with E-state index < -0.39 is 0 Å². The summed E-state index contributed by atoms with van der Waals surface area (Å²) in [4.78, 5) is 2.47. The fraction of sp³-hybridized carbons (Fsp3) is 1.00. The van der Waals surface area contributed by atoms with Gasteiger partial charge >= 0.3 is 0 Å². The first-order valence-corrected chi connectivity index (χ1v) is 4.62. The molecule has 1 aliphatic heterocycles. The van der Waals surface area contributed by atoms with Gasteiger partial charge in [0.05, 0.1) is 0 Å². The molecular weight excluding hydrogens is 136 g/mol. The van der Waals surface area contributed by atoms with E-state index in [9.17, 15) is 0 Å². The molecule has 0 aromatic rings. The fourth-order valence-corrected chi connectivity index (χ4v) is 2.13. The van der Waals surface area contributed by atoms with Crippen LogP contribution in [0.15, 0.2) is 0 Å². The number of nitrogens with one attached hydrogen (secondary N) is 1. The molecule has 2 fully saturated rings. The second-order valence-corrected chi connectivity index (χ2v) is 4.48. The molecule has 1 saturated heterocycles. The summed E-state index contributed by atoms with van der Waals surface area (Å²) in [5, 5.41) is 3.59. The molecule has 1 saturated carbocycles. The van der Waals surface area contributed by atoms with E-state index in [2.05, 4.69) is 24.2 Å². The molecular formula is C9H18N2. The molecule has 2 rings (SSSR count). The summed E-state index contributed by atoms with van der Waals surface area (Å²) in [5.41, 5.74) is 0.680. The van der Waals surface area contributed by atoms with E-state index in [1.807, 2.05) is 0 Å². The Bertz CT molecular complexity index is 152. The third-order valence-electron chi connectivity index (χ3n) is 2.97. The van der Waals surface area contributed by atoms with Gasteiger partial charge < -0.3 is 10.2 Å². The molecule has 2 heteroatoms. The minimum absolute atomic E-state index is 0.680. The third-order valence-corrected chi connectivity index (χ3v) is 2.97. The molecule has 1 unspecified atom stereocenters. The Balaban J connectivity index is 1.98. The lowest BCUT2D eigenvalue weighted by Gasteiger charge is -2.18. The maximum absolute atomic E-state index is 3.59. The van der Waals surface area contributed by atoms with Gasteiger partial charge in [0.1, 0.15) is 0 Å². The zero-order valence-electron chi connectivity index (χ0n) is 7.56. The van der Waals surface area contributed by atoms with Crippen LogP contribution in [0.3, 0.4) is 0 Å². The van der Waals surface area contributed by atoms with Crippen LogP contribution < -0.4 is 5.32 Å². The first kappa shape index (κ1) is 7.56. The van der Waals surface area contributed by atoms with Crippen LogP contribution in [-0.4, -0.2) is 37.6 Å². The molecule has 11 heavy (non-hydrogen) atoms. The maximum atomic E-state index is 3.59. The Kier molecular flexibility index (Phi) is 1.69. The van der Waals surface area contributed by atoms with Gasteiger partial charge in [0.15, 0.2) is 0 Å². The molecule has 2 aliphatic rings. The summed E-state index contributed by atoms with van der Waals surface area (Å²) < 4.78 is 0. The van der Waals surface area contributed by atoms with Crippen molar-refractivity contribution in [3.8, 4) is 0 Å². The smallest absolute Gasteiger partial charge is 0.0166 e. The van der Waals surface area contributed by atoms with Crippen molar-refractivity contribution in [2.45, 2.75) is 25.8 Å². The number of hydrogen-bond donors (Lipinski definition) is 1. The summed E-state index contributed by atoms with van der Waals surface area (Å²) >= 11 is 0. The molecule has 64 valence electrons. The van der Waals surface area contributed by atoms with E-state index >= 15 is 0 Å². The molecule has 1 N–H and O–H groups in total. The molecule has 1 heterocycles. The van der Waals surface area contributed by atoms with Crippen molar-refractivity contribution in [3.63, 3.8) is 0 Å². The van der Waals surface area contributed by atoms with Gasteiger partial charge in [-0.1, -0.05) is 0 Å². The highest BCUT2D eigenvalue weighted by Gasteiger charge is 2.44. The van der Waals surface area contributed by atoms with Crippen LogP contribution in [0.25, 0.3) is 0 Å². The summed E-state index contributed by atoms with van der Waals surface area (Å²) in [6.45, 7) is 6.04. The highest BCUT2D eigenvalue weighted by Crippen LogP contribution is 2.46. The Morgan fingerprint density at radius 1 is 1.45 bits per heavy atom. The van der Waals surface area contributed by atoms with E-state index in [1.54, 1.807) is 0 Å². The van der Waals surface area contributed by atoms with E-state index in [0.29, 0.717) is 11.5 Å². The second kappa shape index (κ2) is 2.46. The van der Waals surface area contributed by atoms with Gasteiger partial charge in [-0.3, -0.25) is 0 Å². The van der Waals surface area contributed by atoms with Crippen molar-refractivity contribution in [1.82, 2.24) is 10.2 Å². The lowest BCUT2D eigenvalue weighted by Crippen LogP contribution is -2.33. The van der Waals surface area contributed by atoms with Crippen LogP contribution in [-0.2, 0) is 0 Å². The van der Waals surface area contributed by atoms with Crippen molar-refractivity contribution in [2.24, 2.45) is 5.41 Å². The van der Waals surface area contributed by atoms with Crippen LogP contribution in [0.4, 0.5) is 0 Å². The van der Waals surface area contributed by atoms with E-state index in [4.69, 9.17) is 0 Å². The van der Waals surface area contributed by atoms with E-state index in [-0.39, 0.29) is 0 Å². The highest BCUT2D eigenvalue weighted by molar-refractivity contribution is 4.99. The third kappa shape index (κ3) is 1.57. The minimum atomic E-state index is 0.680. The summed E-state index contributed by atoms with van der Waals surface area (Å²) in [7, 11) is 2.24. The summed E-state index contributed by atoms with van der Waals surface area (Å²) in [6.07, 6.45) is 2.88. The average Bonchev–Trinajstić information content (AvgIpc) is 2.66. The normalized spacial score (nSPS) is 37.1. The Labute approximate surface area is 69.0 Å². The van der Waals surface area contributed by atoms with Gasteiger partial charge in [-0.2, -0.15) is 0 Å². The maximum Gasteiger partial charge on any atom is 0.0166 e. The summed E-state index contributed by atoms with van der Waals surface area (Å²) in [5.74, 6) is 0. The molecule has 0 bridgehead atoms. The van der Waals surface area contributed by atoms with Crippen LogP contribution in [0.5, 0.6) is 0 Å². The highest BCUT2D eigenvalue weighted by atomic mass is 15.2. The first-order chi connectivity index (χ1) is 5.20. The Hall–Kier alpha value is -0.0800. The molecule has 0 aromatic carbocycles. The lowest BCUT2D eigenvalue weighted by atomic mass is 10.1. The number of likely N-dealkylation sites (N-methyl/N-ethyl adjacent to an activating group) is 1. The van der Waals surface area contributed by atoms with Crippen molar-refractivity contribution in [3.05, 3.63) is 0 Å². The quantitative estimate of drug-likeness (QED) is 0.552. The predicted molar refractivity (Wildman–Crippen MR) is 46.6 cm³/mol. The lowest BCUT2D eigenvalue weighted by molar-refractivity contribution is 0.288. The molecule has 1 spiro atoms. The van der Waals surface area contributed by atoms with Crippen LogP contribution in [0.2, 0.25) is 0 Å². The Morgan fingerprint density at radius 2 is 2.18 bits per heavy atom. The molecule has 0 aromatic heterocycles. The zero-order valence-corrected chi connectivity index (χ0v) is 7.56. The van der Waals surface area contributed by atoms with Gasteiger partial charge in [-0.15, -0.1) is 0 Å². The van der Waals surface area contributed by atoms with Gasteiger partial charge in [0.2, 0.25) is 0 Å². The monoisotopic (exact) mass is 154 g/mol. The molecule has 0 amide bonds. The van der Waals surface area contributed by atoms with Crippen LogP contribution in [0, 0.1) is 5.41 Å². The van der Waals surface area contributed by atoms with Crippen molar-refractivity contribution in [1.29, 1.82) is 0 Å². The van der Waals surface area contributed by atoms with Gasteiger partial charge in [-0.25, -0.2) is 0 Å². The van der Waals surface area contributed by atoms with Gasteiger partial charge in [0.25, 0.3) is 0 Å². The second-order valence-electron chi connectivity index (χ2n) is 4.48. The molecule has 1 aliphatic carbocycles. The number of rotatable bonds is 0. The minimum Gasteiger partial charge on any atom is -0.312 e. The number of nitrogens with zero attached hydrogens (tertiary/aromatic N) is 1. The van der Waals surface area contributed by atoms with Crippen LogP contribution in [0.1, 0.15) is 19.8 Å². The topological polar surface area (TPSA) is 15.3 Å². The Morgan fingerprint density at radius 3 is 2.82 bits per heavy atom. The van der Waals surface area contributed by atoms with Crippen molar-refractivity contribution < 1.29 is 0 Å². The van der Waals surface area contributed by atoms with Crippen LogP contribution >= 0.6 is 0 Å². The number of hydrogen-bond acceptors (Lipinski definition) is 2. The largest absolute Gasteiger partial charge is 0.312 e. The van der Waals surface area contributed by atoms with Crippen molar-refractivity contribution >= 4 is 0 Å². The van der Waals surface area contributed by atoms with Gasteiger partial charge in [-0.05, 0) is 32.2 Å². The summed E-state index contributed by atoms with van der Waals surface area (Å²) in [6, 6.07) is 0.681. The van der Waals surface area contributed by atoms with Gasteiger partial charge in [0, 0.05) is 25.7 Å². The SMILES string of the molecule is CC1CN(C)CC2(CC2)CN1. The standard InChI is InChI=1S/C9H18N2/c1-8-5-11(2)7-9(3-4-9)6-10-8/h8,10H,3-7H2,1-2H3. The molecule has 1 atom stereocenters. The van der Waals surface area contributed by atoms with E-state index in [0.717, 1.165) is 0 Å². The molecule has 2 nitrogen and oxygen atoms in total. The fourth-order valence-electron chi connectivity index (χ4n) is 2.13. The van der Waals surface area contributed by atoms with E-state index in [1.165, 1.54) is 32.5 Å².